The number of amides is 1. The van der Waals surface area contributed by atoms with Crippen molar-refractivity contribution in [2.75, 3.05) is 17.8 Å². The lowest BCUT2D eigenvalue weighted by Crippen LogP contribution is -2.27. The topological polar surface area (TPSA) is 66.5 Å². The molecule has 0 radical (unpaired) electrons. The highest BCUT2D eigenvalue weighted by Gasteiger charge is 2.20. The molecule has 5 nitrogen and oxygen atoms in total. The lowest BCUT2D eigenvalue weighted by molar-refractivity contribution is 0.0793. The quantitative estimate of drug-likeness (QED) is 0.882. The number of anilines is 1. The van der Waals surface area contributed by atoms with Crippen molar-refractivity contribution in [2.45, 2.75) is 24.7 Å². The summed E-state index contributed by atoms with van der Waals surface area (Å²) in [5.41, 5.74) is 1.82. The molecule has 0 aliphatic carbocycles. The number of carbonyl (C=O) groups is 1. The molecule has 0 aromatic heterocycles. The van der Waals surface area contributed by atoms with Crippen LogP contribution in [0.15, 0.2) is 47.4 Å². The van der Waals surface area contributed by atoms with Gasteiger partial charge in [0, 0.05) is 24.3 Å². The van der Waals surface area contributed by atoms with E-state index < -0.39 is 10.0 Å². The zero-order valence-corrected chi connectivity index (χ0v) is 15.4. The third-order valence-electron chi connectivity index (χ3n) is 4.15. The molecule has 1 amide bonds. The van der Waals surface area contributed by atoms with Gasteiger partial charge in [0.2, 0.25) is 0 Å². The van der Waals surface area contributed by atoms with Crippen molar-refractivity contribution in [1.82, 2.24) is 4.90 Å². The minimum Gasteiger partial charge on any atom is -0.339 e. The molecule has 1 aliphatic heterocycles. The smallest absolute Gasteiger partial charge is 0.263 e. The largest absolute Gasteiger partial charge is 0.339 e. The molecule has 1 heterocycles. The van der Waals surface area contributed by atoms with Gasteiger partial charge in [0.15, 0.2) is 0 Å². The average Bonchev–Trinajstić information content (AvgIpc) is 3.08. The molecule has 1 aliphatic rings. The molecule has 1 saturated heterocycles. The maximum Gasteiger partial charge on any atom is 0.263 e. The van der Waals surface area contributed by atoms with Gasteiger partial charge in [0.05, 0.1) is 5.02 Å². The highest BCUT2D eigenvalue weighted by atomic mass is 35.5. The summed E-state index contributed by atoms with van der Waals surface area (Å²) in [6.45, 7) is 3.39. The minimum atomic E-state index is -3.79. The highest BCUT2D eigenvalue weighted by molar-refractivity contribution is 7.92. The summed E-state index contributed by atoms with van der Waals surface area (Å²) in [6.07, 6.45) is 2.06. The number of carbonyl (C=O) groups excluding carboxylic acids is 1. The Morgan fingerprint density at radius 1 is 1.08 bits per heavy atom. The summed E-state index contributed by atoms with van der Waals surface area (Å²) in [5, 5.41) is 0.174. The van der Waals surface area contributed by atoms with Crippen LogP contribution in [0.3, 0.4) is 0 Å². The number of rotatable bonds is 4. The molecule has 3 rings (SSSR count). The second-order valence-corrected chi connectivity index (χ2v) is 8.17. The van der Waals surface area contributed by atoms with Crippen molar-refractivity contribution in [3.63, 3.8) is 0 Å². The fourth-order valence-electron chi connectivity index (χ4n) is 2.82. The maximum atomic E-state index is 12.5. The normalized spacial score (nSPS) is 14.6. The Labute approximate surface area is 152 Å². The average molecular weight is 379 g/mol. The lowest BCUT2D eigenvalue weighted by Gasteiger charge is -2.15. The van der Waals surface area contributed by atoms with E-state index in [-0.39, 0.29) is 15.8 Å². The molecule has 0 spiro atoms. The van der Waals surface area contributed by atoms with Crippen LogP contribution in [0, 0.1) is 6.92 Å². The number of nitrogens with zero attached hydrogens (tertiary/aromatic N) is 1. The number of nitrogens with one attached hydrogen (secondary N) is 1. The fourth-order valence-corrected chi connectivity index (χ4v) is 4.48. The zero-order chi connectivity index (χ0) is 18.0. The van der Waals surface area contributed by atoms with Crippen molar-refractivity contribution in [3.8, 4) is 0 Å². The monoisotopic (exact) mass is 378 g/mol. The van der Waals surface area contributed by atoms with Gasteiger partial charge in [-0.2, -0.15) is 0 Å². The number of halogens is 1. The fraction of sp³-hybridized carbons (Fsp3) is 0.278. The summed E-state index contributed by atoms with van der Waals surface area (Å²) < 4.78 is 27.5. The molecular formula is C18H19ClN2O3S. The van der Waals surface area contributed by atoms with Crippen LogP contribution < -0.4 is 4.72 Å². The van der Waals surface area contributed by atoms with Crippen LogP contribution in [0.1, 0.15) is 28.8 Å². The van der Waals surface area contributed by atoms with Crippen LogP contribution in [0.25, 0.3) is 0 Å². The summed E-state index contributed by atoms with van der Waals surface area (Å²) in [7, 11) is -3.79. The molecular weight excluding hydrogens is 360 g/mol. The first-order chi connectivity index (χ1) is 11.9. The predicted octanol–water partition coefficient (Wildman–Crippen LogP) is 3.69. The van der Waals surface area contributed by atoms with Crippen LogP contribution in [0.2, 0.25) is 5.02 Å². The number of likely N-dealkylation sites (tertiary alicyclic amines) is 1. The SMILES string of the molecule is Cc1ccc(S(=O)(=O)Nc2ccc(C(=O)N3CCCC3)cc2)c(Cl)c1. The van der Waals surface area contributed by atoms with Crippen LogP contribution in [-0.4, -0.2) is 32.3 Å². The number of hydrogen-bond donors (Lipinski definition) is 1. The Morgan fingerprint density at radius 2 is 1.72 bits per heavy atom. The van der Waals surface area contributed by atoms with E-state index in [4.69, 9.17) is 11.6 Å². The third kappa shape index (κ3) is 3.96. The Kier molecular flexibility index (Phi) is 5.01. The van der Waals surface area contributed by atoms with E-state index in [9.17, 15) is 13.2 Å². The van der Waals surface area contributed by atoms with E-state index in [1.165, 1.54) is 6.07 Å². The van der Waals surface area contributed by atoms with Gasteiger partial charge in [-0.3, -0.25) is 9.52 Å². The third-order valence-corrected chi connectivity index (χ3v) is 6.02. The predicted molar refractivity (Wildman–Crippen MR) is 98.6 cm³/mol. The van der Waals surface area contributed by atoms with E-state index in [2.05, 4.69) is 4.72 Å². The molecule has 1 fully saturated rings. The van der Waals surface area contributed by atoms with Gasteiger partial charge in [0.25, 0.3) is 15.9 Å². The van der Waals surface area contributed by atoms with Crippen LogP contribution in [0.4, 0.5) is 5.69 Å². The molecule has 1 N–H and O–H groups in total. The zero-order valence-electron chi connectivity index (χ0n) is 13.8. The first kappa shape index (κ1) is 17.8. The van der Waals surface area contributed by atoms with Crippen LogP contribution >= 0.6 is 11.6 Å². The number of benzene rings is 2. The molecule has 0 atom stereocenters. The van der Waals surface area contributed by atoms with Gasteiger partial charge in [-0.25, -0.2) is 8.42 Å². The first-order valence-electron chi connectivity index (χ1n) is 8.05. The Morgan fingerprint density at radius 3 is 2.32 bits per heavy atom. The first-order valence-corrected chi connectivity index (χ1v) is 9.91. The molecule has 7 heteroatoms. The summed E-state index contributed by atoms with van der Waals surface area (Å²) in [5.74, 6) is -0.0199. The Balaban J connectivity index is 1.77. The molecule has 0 unspecified atom stereocenters. The van der Waals surface area contributed by atoms with Crippen molar-refractivity contribution in [2.24, 2.45) is 0 Å². The van der Waals surface area contributed by atoms with E-state index in [1.807, 2.05) is 11.8 Å². The molecule has 0 saturated carbocycles. The highest BCUT2D eigenvalue weighted by Crippen LogP contribution is 2.25. The van der Waals surface area contributed by atoms with E-state index in [0.29, 0.717) is 11.3 Å². The van der Waals surface area contributed by atoms with E-state index in [0.717, 1.165) is 31.5 Å². The number of hydrogen-bond acceptors (Lipinski definition) is 3. The van der Waals surface area contributed by atoms with E-state index >= 15 is 0 Å². The maximum absolute atomic E-state index is 12.5. The summed E-state index contributed by atoms with van der Waals surface area (Å²) in [6, 6.07) is 11.2. The number of aryl methyl sites for hydroxylation is 1. The molecule has 2 aromatic carbocycles. The second-order valence-electron chi connectivity index (χ2n) is 6.12. The summed E-state index contributed by atoms with van der Waals surface area (Å²) >= 11 is 6.05. The van der Waals surface area contributed by atoms with Crippen molar-refractivity contribution >= 4 is 33.2 Å². The molecule has 132 valence electrons. The van der Waals surface area contributed by atoms with Gasteiger partial charge >= 0.3 is 0 Å². The summed E-state index contributed by atoms with van der Waals surface area (Å²) in [4.78, 5) is 14.1. The van der Waals surface area contributed by atoms with Crippen molar-refractivity contribution in [3.05, 3.63) is 58.6 Å². The standard InChI is InChI=1S/C18H19ClN2O3S/c1-13-4-9-17(16(19)12-13)25(23,24)20-15-7-5-14(6-8-15)18(22)21-10-2-3-11-21/h4-9,12,20H,2-3,10-11H2,1H3. The molecule has 25 heavy (non-hydrogen) atoms. The van der Waals surface area contributed by atoms with Gasteiger partial charge in [-0.15, -0.1) is 0 Å². The van der Waals surface area contributed by atoms with Crippen molar-refractivity contribution in [1.29, 1.82) is 0 Å². The Bertz CT molecular complexity index is 889. The molecule has 2 aromatic rings. The van der Waals surface area contributed by atoms with Gasteiger partial charge in [0.1, 0.15) is 4.90 Å². The second kappa shape index (κ2) is 7.06. The van der Waals surface area contributed by atoms with Crippen LogP contribution in [-0.2, 0) is 10.0 Å². The van der Waals surface area contributed by atoms with Crippen LogP contribution in [0.5, 0.6) is 0 Å². The lowest BCUT2D eigenvalue weighted by atomic mass is 10.2. The van der Waals surface area contributed by atoms with Gasteiger partial charge in [-0.1, -0.05) is 17.7 Å². The van der Waals surface area contributed by atoms with Gasteiger partial charge < -0.3 is 4.90 Å². The number of sulfonamides is 1. The molecule has 0 bridgehead atoms. The van der Waals surface area contributed by atoms with Crippen molar-refractivity contribution < 1.29 is 13.2 Å². The van der Waals surface area contributed by atoms with E-state index in [1.54, 1.807) is 36.4 Å². The van der Waals surface area contributed by atoms with Gasteiger partial charge in [-0.05, 0) is 61.7 Å². The Hall–Kier alpha value is -2.05. The minimum absolute atomic E-state index is 0.0199.